The van der Waals surface area contributed by atoms with Gasteiger partial charge in [-0.05, 0) is 99.7 Å². The summed E-state index contributed by atoms with van der Waals surface area (Å²) in [6.45, 7) is 17.0. The molecule has 4 saturated carbocycles. The van der Waals surface area contributed by atoms with Crippen molar-refractivity contribution in [2.24, 2.45) is 45.3 Å². The zero-order valence-corrected chi connectivity index (χ0v) is 23.4. The molecule has 0 amide bonds. The molecule has 0 aromatic carbocycles. The number of fused-ring (bicyclic) bond motifs is 5. The Balaban J connectivity index is 1.52. The van der Waals surface area contributed by atoms with Crippen LogP contribution in [0.15, 0.2) is 0 Å². The molecule has 11 atom stereocenters. The van der Waals surface area contributed by atoms with E-state index in [4.69, 9.17) is 4.74 Å². The van der Waals surface area contributed by atoms with Crippen molar-refractivity contribution in [2.75, 3.05) is 0 Å². The summed E-state index contributed by atoms with van der Waals surface area (Å²) in [5.41, 5.74) is -2.15. The molecule has 1 heterocycles. The van der Waals surface area contributed by atoms with E-state index in [9.17, 15) is 20.1 Å². The minimum atomic E-state index is -0.871. The molecule has 1 saturated heterocycles. The molecule has 35 heavy (non-hydrogen) atoms. The Morgan fingerprint density at radius 2 is 1.57 bits per heavy atom. The second-order valence-corrected chi connectivity index (χ2v) is 15.4. The summed E-state index contributed by atoms with van der Waals surface area (Å²) in [5.74, 6) is 0.825. The maximum atomic E-state index is 12.9. The van der Waals surface area contributed by atoms with Gasteiger partial charge in [0.1, 0.15) is 5.78 Å². The van der Waals surface area contributed by atoms with E-state index in [-0.39, 0.29) is 57.4 Å². The normalized spacial score (nSPS) is 55.9. The lowest BCUT2D eigenvalue weighted by atomic mass is 9.34. The lowest BCUT2D eigenvalue weighted by Crippen LogP contribution is -2.69. The molecule has 0 unspecified atom stereocenters. The molecule has 5 aliphatic rings. The Hall–Kier alpha value is -0.490. The highest BCUT2D eigenvalue weighted by Crippen LogP contribution is 2.75. The van der Waals surface area contributed by atoms with E-state index in [1.54, 1.807) is 0 Å². The third-order valence-corrected chi connectivity index (χ3v) is 12.9. The lowest BCUT2D eigenvalue weighted by Gasteiger charge is -2.70. The van der Waals surface area contributed by atoms with E-state index >= 15 is 0 Å². The van der Waals surface area contributed by atoms with Crippen LogP contribution in [-0.2, 0) is 9.53 Å². The maximum absolute atomic E-state index is 12.9. The van der Waals surface area contributed by atoms with E-state index in [1.807, 2.05) is 27.7 Å². The van der Waals surface area contributed by atoms with E-state index in [0.29, 0.717) is 12.8 Å². The standard InChI is InChI=1S/C30H50O5/c1-25(2)21(33)10-12-27(5)20-15-18(31)23-17(30(8)14-11-22(35-30)26(3,4)34)9-13-28(23,6)29(20,7)16-19(32)24(25)27/h17-20,22-24,31-32,34H,9-16H2,1-8H3/t17-,18+,19-,20+,22+,23-,24-,27+,28+,29+,30-/m0/s1. The number of hydrogen-bond donors (Lipinski definition) is 3. The molecule has 5 rings (SSSR count). The van der Waals surface area contributed by atoms with Crippen LogP contribution in [0.2, 0.25) is 0 Å². The molecule has 4 aliphatic carbocycles. The van der Waals surface area contributed by atoms with E-state index < -0.39 is 23.2 Å². The van der Waals surface area contributed by atoms with Crippen molar-refractivity contribution in [3.8, 4) is 0 Å². The second kappa shape index (κ2) is 7.55. The van der Waals surface area contributed by atoms with E-state index in [2.05, 4.69) is 27.7 Å². The number of ether oxygens (including phenoxy) is 1. The van der Waals surface area contributed by atoms with Crippen molar-refractivity contribution in [3.63, 3.8) is 0 Å². The van der Waals surface area contributed by atoms with E-state index in [0.717, 1.165) is 38.5 Å². The van der Waals surface area contributed by atoms with Gasteiger partial charge in [-0.15, -0.1) is 0 Å². The predicted octanol–water partition coefficient (Wildman–Crippen LogP) is 4.89. The number of ketones is 1. The highest BCUT2D eigenvalue weighted by molar-refractivity contribution is 5.85. The molecule has 5 fully saturated rings. The summed E-state index contributed by atoms with van der Waals surface area (Å²) < 4.78 is 6.63. The molecule has 5 nitrogen and oxygen atoms in total. The predicted molar refractivity (Wildman–Crippen MR) is 136 cm³/mol. The number of aliphatic hydroxyl groups is 3. The Labute approximate surface area is 212 Å². The average Bonchev–Trinajstić information content (AvgIpc) is 3.30. The van der Waals surface area contributed by atoms with Gasteiger partial charge >= 0.3 is 0 Å². The number of rotatable bonds is 2. The molecule has 0 aromatic rings. The van der Waals surface area contributed by atoms with Gasteiger partial charge in [-0.2, -0.15) is 0 Å². The van der Waals surface area contributed by atoms with Crippen molar-refractivity contribution in [2.45, 2.75) is 136 Å². The number of hydrogen-bond acceptors (Lipinski definition) is 5. The van der Waals surface area contributed by atoms with Gasteiger partial charge < -0.3 is 20.1 Å². The van der Waals surface area contributed by atoms with Crippen LogP contribution in [0.25, 0.3) is 0 Å². The van der Waals surface area contributed by atoms with Crippen molar-refractivity contribution in [3.05, 3.63) is 0 Å². The first-order chi connectivity index (χ1) is 15.9. The largest absolute Gasteiger partial charge is 0.393 e. The summed E-state index contributed by atoms with van der Waals surface area (Å²) in [5, 5.41) is 34.2. The first-order valence-electron chi connectivity index (χ1n) is 14.2. The Kier molecular flexibility index (Phi) is 5.63. The fourth-order valence-electron chi connectivity index (χ4n) is 11.1. The Bertz CT molecular complexity index is 892. The molecule has 1 aliphatic heterocycles. The third kappa shape index (κ3) is 3.29. The van der Waals surface area contributed by atoms with Gasteiger partial charge in [0.05, 0.1) is 29.5 Å². The van der Waals surface area contributed by atoms with Gasteiger partial charge in [0.25, 0.3) is 0 Å². The molecule has 200 valence electrons. The monoisotopic (exact) mass is 490 g/mol. The quantitative estimate of drug-likeness (QED) is 0.513. The van der Waals surface area contributed by atoms with Crippen LogP contribution in [0.1, 0.15) is 107 Å². The lowest BCUT2D eigenvalue weighted by molar-refractivity contribution is -0.259. The summed E-state index contributed by atoms with van der Waals surface area (Å²) in [6, 6.07) is 0. The van der Waals surface area contributed by atoms with Gasteiger partial charge in [-0.25, -0.2) is 0 Å². The fraction of sp³-hybridized carbons (Fsp3) is 0.967. The minimum absolute atomic E-state index is 0.0675. The molecule has 0 radical (unpaired) electrons. The van der Waals surface area contributed by atoms with Crippen LogP contribution in [-0.4, -0.2) is 50.6 Å². The summed E-state index contributed by atoms with van der Waals surface area (Å²) in [7, 11) is 0. The molecule has 0 aromatic heterocycles. The van der Waals surface area contributed by atoms with Crippen molar-refractivity contribution in [1.29, 1.82) is 0 Å². The van der Waals surface area contributed by atoms with Crippen LogP contribution in [0.4, 0.5) is 0 Å². The van der Waals surface area contributed by atoms with Crippen molar-refractivity contribution in [1.82, 2.24) is 0 Å². The fourth-order valence-corrected chi connectivity index (χ4v) is 11.1. The van der Waals surface area contributed by atoms with Crippen molar-refractivity contribution >= 4 is 5.78 Å². The highest BCUT2D eigenvalue weighted by atomic mass is 16.5. The van der Waals surface area contributed by atoms with Crippen LogP contribution in [0, 0.1) is 45.3 Å². The van der Waals surface area contributed by atoms with Crippen molar-refractivity contribution < 1.29 is 24.9 Å². The van der Waals surface area contributed by atoms with E-state index in [1.165, 1.54) is 0 Å². The van der Waals surface area contributed by atoms with Crippen LogP contribution < -0.4 is 0 Å². The Morgan fingerprint density at radius 1 is 0.914 bits per heavy atom. The van der Waals surface area contributed by atoms with Gasteiger partial charge in [0, 0.05) is 17.8 Å². The van der Waals surface area contributed by atoms with Gasteiger partial charge in [0.15, 0.2) is 0 Å². The molecular formula is C30H50O5. The molecule has 3 N–H and O–H groups in total. The van der Waals surface area contributed by atoms with Gasteiger partial charge in [-0.3, -0.25) is 4.79 Å². The zero-order valence-electron chi connectivity index (χ0n) is 23.4. The summed E-state index contributed by atoms with van der Waals surface area (Å²) in [6.07, 6.45) is 5.50. The van der Waals surface area contributed by atoms with Gasteiger partial charge in [0.2, 0.25) is 0 Å². The number of carbonyl (C=O) groups is 1. The number of carbonyl (C=O) groups excluding carboxylic acids is 1. The van der Waals surface area contributed by atoms with Crippen LogP contribution >= 0.6 is 0 Å². The molecule has 5 heteroatoms. The van der Waals surface area contributed by atoms with Crippen LogP contribution in [0.3, 0.4) is 0 Å². The first kappa shape index (κ1) is 26.1. The maximum Gasteiger partial charge on any atom is 0.138 e. The molecular weight excluding hydrogens is 440 g/mol. The minimum Gasteiger partial charge on any atom is -0.393 e. The zero-order chi connectivity index (χ0) is 26.0. The first-order valence-corrected chi connectivity index (χ1v) is 14.2. The average molecular weight is 491 g/mol. The summed E-state index contributed by atoms with van der Waals surface area (Å²) in [4.78, 5) is 12.9. The second-order valence-electron chi connectivity index (χ2n) is 15.4. The smallest absolute Gasteiger partial charge is 0.138 e. The highest BCUT2D eigenvalue weighted by Gasteiger charge is 2.73. The topological polar surface area (TPSA) is 87.0 Å². The third-order valence-electron chi connectivity index (χ3n) is 12.9. The SMILES string of the molecule is CC(C)(O)[C@H]1CC[C@@](C)([C@H]2CC[C@]3(C)[C@@H]2[C@H](O)C[C@@H]2[C@@]4(C)CCC(=O)C(C)(C)[C@@H]4[C@@H](O)C[C@]23C)O1. The molecule has 0 bridgehead atoms. The Morgan fingerprint density at radius 3 is 2.17 bits per heavy atom. The number of Topliss-reactive ketones (excluding diaryl/α,β-unsaturated/α-hetero) is 1. The number of aliphatic hydroxyl groups excluding tert-OH is 2. The molecule has 0 spiro atoms. The summed E-state index contributed by atoms with van der Waals surface area (Å²) >= 11 is 0. The van der Waals surface area contributed by atoms with Gasteiger partial charge in [-0.1, -0.05) is 34.6 Å². The van der Waals surface area contributed by atoms with Crippen LogP contribution in [0.5, 0.6) is 0 Å².